The molecule has 0 fully saturated rings. The molecule has 0 saturated carbocycles. The summed E-state index contributed by atoms with van der Waals surface area (Å²) in [5.41, 5.74) is 1.43. The van der Waals surface area contributed by atoms with E-state index < -0.39 is 17.9 Å². The van der Waals surface area contributed by atoms with Crippen molar-refractivity contribution in [1.82, 2.24) is 5.32 Å². The predicted molar refractivity (Wildman–Crippen MR) is 88.3 cm³/mol. The monoisotopic (exact) mass is 331 g/mol. The molecule has 0 saturated heterocycles. The molecule has 0 bridgehead atoms. The molecule has 0 aromatic heterocycles. The van der Waals surface area contributed by atoms with Crippen LogP contribution in [0.5, 0.6) is 5.75 Å². The summed E-state index contributed by atoms with van der Waals surface area (Å²) in [6, 6.07) is 7.22. The molecule has 0 aliphatic carbocycles. The van der Waals surface area contributed by atoms with Gasteiger partial charge in [0.2, 0.25) is 0 Å². The molecule has 6 heteroatoms. The smallest absolute Gasteiger partial charge is 0.336 e. The first kappa shape index (κ1) is 17.6. The largest absolute Gasteiger partial charge is 0.497 e. The van der Waals surface area contributed by atoms with E-state index in [0.717, 1.165) is 5.56 Å². The maximum absolute atomic E-state index is 12.3. The molecule has 0 radical (unpaired) electrons. The Morgan fingerprint density at radius 1 is 1.04 bits per heavy atom. The molecular formula is C18H21NO5. The Labute approximate surface area is 141 Å². The van der Waals surface area contributed by atoms with Crippen molar-refractivity contribution < 1.29 is 23.8 Å². The Kier molecular flexibility index (Phi) is 6.01. The SMILES string of the molecule is CCOC(=O)C1=CNC=C(C(=O)OCC)C1c1cccc(OC)c1. The summed E-state index contributed by atoms with van der Waals surface area (Å²) in [5, 5.41) is 2.83. The van der Waals surface area contributed by atoms with Gasteiger partial charge in [0.25, 0.3) is 0 Å². The number of rotatable bonds is 6. The number of nitrogens with one attached hydrogen (secondary N) is 1. The van der Waals surface area contributed by atoms with E-state index in [9.17, 15) is 9.59 Å². The van der Waals surface area contributed by atoms with Crippen LogP contribution >= 0.6 is 0 Å². The normalized spacial score (nSPS) is 14.1. The third-order valence-corrected chi connectivity index (χ3v) is 3.55. The van der Waals surface area contributed by atoms with Crippen LogP contribution in [0, 0.1) is 0 Å². The lowest BCUT2D eigenvalue weighted by atomic mass is 9.83. The van der Waals surface area contributed by atoms with E-state index >= 15 is 0 Å². The van der Waals surface area contributed by atoms with Crippen LogP contribution in [0.2, 0.25) is 0 Å². The van der Waals surface area contributed by atoms with E-state index in [0.29, 0.717) is 16.9 Å². The summed E-state index contributed by atoms with van der Waals surface area (Å²) < 4.78 is 15.5. The quantitative estimate of drug-likeness (QED) is 0.806. The van der Waals surface area contributed by atoms with Crippen molar-refractivity contribution >= 4 is 11.9 Å². The lowest BCUT2D eigenvalue weighted by Gasteiger charge is -2.25. The number of methoxy groups -OCH3 is 1. The Bertz CT molecular complexity index is 644. The summed E-state index contributed by atoms with van der Waals surface area (Å²) in [6.45, 7) is 3.97. The van der Waals surface area contributed by atoms with E-state index in [1.165, 1.54) is 0 Å². The van der Waals surface area contributed by atoms with Crippen LogP contribution < -0.4 is 10.1 Å². The lowest BCUT2D eigenvalue weighted by molar-refractivity contribution is -0.139. The number of hydrogen-bond acceptors (Lipinski definition) is 6. The molecule has 0 atom stereocenters. The highest BCUT2D eigenvalue weighted by Crippen LogP contribution is 2.36. The highest BCUT2D eigenvalue weighted by Gasteiger charge is 2.34. The van der Waals surface area contributed by atoms with Crippen LogP contribution in [0.15, 0.2) is 47.8 Å². The second kappa shape index (κ2) is 8.19. The molecule has 1 aromatic carbocycles. The number of esters is 2. The van der Waals surface area contributed by atoms with Crippen LogP contribution in [0.25, 0.3) is 0 Å². The number of dihydropyridines is 1. The van der Waals surface area contributed by atoms with Gasteiger partial charge in [-0.3, -0.25) is 0 Å². The number of benzene rings is 1. The van der Waals surface area contributed by atoms with Gasteiger partial charge in [0.1, 0.15) is 5.75 Å². The molecule has 2 rings (SSSR count). The zero-order valence-corrected chi connectivity index (χ0v) is 14.0. The number of ether oxygens (including phenoxy) is 3. The Balaban J connectivity index is 2.47. The molecule has 1 heterocycles. The van der Waals surface area contributed by atoms with Gasteiger partial charge in [0.15, 0.2) is 0 Å². The van der Waals surface area contributed by atoms with Crippen molar-refractivity contribution in [1.29, 1.82) is 0 Å². The lowest BCUT2D eigenvalue weighted by Crippen LogP contribution is -2.27. The second-order valence-electron chi connectivity index (χ2n) is 5.02. The molecule has 1 aliphatic heterocycles. The van der Waals surface area contributed by atoms with Crippen molar-refractivity contribution in [2.24, 2.45) is 0 Å². The first-order valence-electron chi connectivity index (χ1n) is 7.76. The molecular weight excluding hydrogens is 310 g/mol. The van der Waals surface area contributed by atoms with Crippen molar-refractivity contribution in [2.75, 3.05) is 20.3 Å². The van der Waals surface area contributed by atoms with Gasteiger partial charge in [-0.05, 0) is 31.5 Å². The molecule has 6 nitrogen and oxygen atoms in total. The Morgan fingerprint density at radius 3 is 2.12 bits per heavy atom. The highest BCUT2D eigenvalue weighted by atomic mass is 16.5. The number of carbonyl (C=O) groups excluding carboxylic acids is 2. The fourth-order valence-electron chi connectivity index (χ4n) is 2.52. The van der Waals surface area contributed by atoms with Crippen LogP contribution in [-0.4, -0.2) is 32.3 Å². The minimum absolute atomic E-state index is 0.249. The van der Waals surface area contributed by atoms with Crippen LogP contribution in [0.3, 0.4) is 0 Å². The maximum atomic E-state index is 12.3. The van der Waals surface area contributed by atoms with Crippen LogP contribution in [0.1, 0.15) is 25.3 Å². The third kappa shape index (κ3) is 3.76. The number of hydrogen-bond donors (Lipinski definition) is 1. The van der Waals surface area contributed by atoms with E-state index in [-0.39, 0.29) is 13.2 Å². The molecule has 128 valence electrons. The average Bonchev–Trinajstić information content (AvgIpc) is 2.61. The van der Waals surface area contributed by atoms with Gasteiger partial charge < -0.3 is 19.5 Å². The topological polar surface area (TPSA) is 73.9 Å². The van der Waals surface area contributed by atoms with E-state index in [2.05, 4.69) is 5.32 Å². The molecule has 1 aromatic rings. The molecule has 0 spiro atoms. The zero-order chi connectivity index (χ0) is 17.5. The van der Waals surface area contributed by atoms with Gasteiger partial charge in [-0.2, -0.15) is 0 Å². The maximum Gasteiger partial charge on any atom is 0.336 e. The summed E-state index contributed by atoms with van der Waals surface area (Å²) in [7, 11) is 1.56. The predicted octanol–water partition coefficient (Wildman–Crippen LogP) is 2.28. The standard InChI is InChI=1S/C18H21NO5/c1-4-23-17(20)14-10-19-11-15(18(21)24-5-2)16(14)12-7-6-8-13(9-12)22-3/h6-11,16,19H,4-5H2,1-3H3. The highest BCUT2D eigenvalue weighted by molar-refractivity contribution is 5.98. The van der Waals surface area contributed by atoms with Crippen molar-refractivity contribution in [3.05, 3.63) is 53.4 Å². The fraction of sp³-hybridized carbons (Fsp3) is 0.333. The van der Waals surface area contributed by atoms with E-state index in [4.69, 9.17) is 14.2 Å². The van der Waals surface area contributed by atoms with E-state index in [1.807, 2.05) is 12.1 Å². The minimum atomic E-state index is -0.584. The van der Waals surface area contributed by atoms with Crippen molar-refractivity contribution in [2.45, 2.75) is 19.8 Å². The van der Waals surface area contributed by atoms with E-state index in [1.54, 1.807) is 45.5 Å². The average molecular weight is 331 g/mol. The Hall–Kier alpha value is -2.76. The minimum Gasteiger partial charge on any atom is -0.497 e. The van der Waals surface area contributed by atoms with Gasteiger partial charge in [-0.1, -0.05) is 12.1 Å². The van der Waals surface area contributed by atoms with Gasteiger partial charge >= 0.3 is 11.9 Å². The molecule has 0 amide bonds. The fourth-order valence-corrected chi connectivity index (χ4v) is 2.52. The van der Waals surface area contributed by atoms with Crippen molar-refractivity contribution in [3.63, 3.8) is 0 Å². The molecule has 1 N–H and O–H groups in total. The first-order valence-corrected chi connectivity index (χ1v) is 7.76. The van der Waals surface area contributed by atoms with Crippen LogP contribution in [-0.2, 0) is 19.1 Å². The summed E-state index contributed by atoms with van der Waals surface area (Å²) in [5.74, 6) is -0.905. The van der Waals surface area contributed by atoms with Gasteiger partial charge in [0, 0.05) is 12.4 Å². The summed E-state index contributed by atoms with van der Waals surface area (Å²) >= 11 is 0. The zero-order valence-electron chi connectivity index (χ0n) is 14.0. The molecule has 0 unspecified atom stereocenters. The van der Waals surface area contributed by atoms with Gasteiger partial charge in [0.05, 0.1) is 37.4 Å². The van der Waals surface area contributed by atoms with Crippen molar-refractivity contribution in [3.8, 4) is 5.75 Å². The van der Waals surface area contributed by atoms with Gasteiger partial charge in [-0.25, -0.2) is 9.59 Å². The van der Waals surface area contributed by atoms with Crippen LogP contribution in [0.4, 0.5) is 0 Å². The summed E-state index contributed by atoms with van der Waals surface area (Å²) in [4.78, 5) is 24.6. The Morgan fingerprint density at radius 2 is 1.62 bits per heavy atom. The third-order valence-electron chi connectivity index (χ3n) is 3.55. The molecule has 24 heavy (non-hydrogen) atoms. The first-order chi connectivity index (χ1) is 11.6. The molecule has 1 aliphatic rings. The summed E-state index contributed by atoms with van der Waals surface area (Å²) in [6.07, 6.45) is 3.09. The second-order valence-corrected chi connectivity index (χ2v) is 5.02. The number of carbonyl (C=O) groups is 2. The van der Waals surface area contributed by atoms with Gasteiger partial charge in [-0.15, -0.1) is 0 Å².